The van der Waals surface area contributed by atoms with Gasteiger partial charge in [-0.1, -0.05) is 36.4 Å². The first-order chi connectivity index (χ1) is 9.28. The van der Waals surface area contributed by atoms with Gasteiger partial charge in [0.1, 0.15) is 6.04 Å². The minimum absolute atomic E-state index is 0.0533. The maximum Gasteiger partial charge on any atom is 0.253 e. The highest BCUT2D eigenvalue weighted by molar-refractivity contribution is 6.07. The number of benzene rings is 2. The second-order valence-electron chi connectivity index (χ2n) is 4.50. The number of nitrogens with zero attached hydrogens (tertiary/aromatic N) is 1. The molecule has 4 nitrogen and oxygen atoms in total. The summed E-state index contributed by atoms with van der Waals surface area (Å²) in [6.07, 6.45) is 0. The van der Waals surface area contributed by atoms with E-state index in [2.05, 4.69) is 21.7 Å². The fraction of sp³-hybridized carbons (Fsp3) is 0.200. The maximum absolute atomic E-state index is 11.9. The van der Waals surface area contributed by atoms with Crippen molar-refractivity contribution in [3.63, 3.8) is 0 Å². The first kappa shape index (κ1) is 11.7. The van der Waals surface area contributed by atoms with Crippen LogP contribution >= 0.6 is 0 Å². The van der Waals surface area contributed by atoms with E-state index in [1.54, 1.807) is 0 Å². The topological polar surface area (TPSA) is 53.5 Å². The van der Waals surface area contributed by atoms with Crippen LogP contribution in [0.3, 0.4) is 0 Å². The Labute approximate surface area is 111 Å². The third-order valence-corrected chi connectivity index (χ3v) is 3.21. The first-order valence-electron chi connectivity index (χ1n) is 6.38. The molecule has 0 spiro atoms. The van der Waals surface area contributed by atoms with Gasteiger partial charge in [0.05, 0.1) is 0 Å². The van der Waals surface area contributed by atoms with E-state index in [1.165, 1.54) is 5.39 Å². The molecule has 2 aromatic rings. The Morgan fingerprint density at radius 2 is 1.95 bits per heavy atom. The van der Waals surface area contributed by atoms with Gasteiger partial charge in [0.25, 0.3) is 5.91 Å². The summed E-state index contributed by atoms with van der Waals surface area (Å²) >= 11 is 0. The maximum atomic E-state index is 11.9. The van der Waals surface area contributed by atoms with Crippen LogP contribution in [-0.2, 0) is 4.79 Å². The molecule has 2 aromatic carbocycles. The molecule has 0 saturated carbocycles. The van der Waals surface area contributed by atoms with Crippen LogP contribution in [0.1, 0.15) is 18.5 Å². The third-order valence-electron chi connectivity index (χ3n) is 3.21. The Hall–Kier alpha value is -2.36. The lowest BCUT2D eigenvalue weighted by Gasteiger charge is -2.09. The van der Waals surface area contributed by atoms with E-state index in [0.717, 1.165) is 10.9 Å². The lowest BCUT2D eigenvalue weighted by Crippen LogP contribution is -2.25. The summed E-state index contributed by atoms with van der Waals surface area (Å²) in [6, 6.07) is 13.8. The average Bonchev–Trinajstić information content (AvgIpc) is 2.79. The number of fused-ring (bicyclic) bond motifs is 1. The molecule has 2 N–H and O–H groups in total. The van der Waals surface area contributed by atoms with Crippen LogP contribution in [-0.4, -0.2) is 18.4 Å². The van der Waals surface area contributed by atoms with E-state index in [1.807, 2.05) is 43.3 Å². The van der Waals surface area contributed by atoms with Crippen LogP contribution in [0.25, 0.3) is 10.8 Å². The molecule has 1 amide bonds. The van der Waals surface area contributed by atoms with Crippen LogP contribution in [0.4, 0.5) is 0 Å². The summed E-state index contributed by atoms with van der Waals surface area (Å²) in [6.45, 7) is 2.58. The molecule has 96 valence electrons. The predicted molar refractivity (Wildman–Crippen MR) is 75.9 cm³/mol. The van der Waals surface area contributed by atoms with Crippen LogP contribution in [0.2, 0.25) is 0 Å². The first-order valence-corrected chi connectivity index (χ1v) is 6.38. The molecule has 1 heterocycles. The highest BCUT2D eigenvalue weighted by Gasteiger charge is 2.29. The zero-order valence-corrected chi connectivity index (χ0v) is 10.7. The molecule has 19 heavy (non-hydrogen) atoms. The van der Waals surface area contributed by atoms with Gasteiger partial charge < -0.3 is 5.32 Å². The van der Waals surface area contributed by atoms with E-state index < -0.39 is 0 Å². The summed E-state index contributed by atoms with van der Waals surface area (Å²) in [7, 11) is 0. The van der Waals surface area contributed by atoms with Crippen LogP contribution in [0, 0.1) is 0 Å². The second-order valence-corrected chi connectivity index (χ2v) is 4.50. The van der Waals surface area contributed by atoms with E-state index in [4.69, 9.17) is 0 Å². The van der Waals surface area contributed by atoms with Crippen LogP contribution < -0.4 is 10.6 Å². The van der Waals surface area contributed by atoms with Crippen molar-refractivity contribution in [2.24, 2.45) is 4.99 Å². The second kappa shape index (κ2) is 4.72. The fourth-order valence-corrected chi connectivity index (χ4v) is 2.29. The van der Waals surface area contributed by atoms with E-state index >= 15 is 0 Å². The summed E-state index contributed by atoms with van der Waals surface area (Å²) in [5.74, 6) is 0.508. The Kier molecular flexibility index (Phi) is 2.91. The monoisotopic (exact) mass is 253 g/mol. The number of carbonyl (C=O) groups is 1. The molecular formula is C15H15N3O. The Morgan fingerprint density at radius 3 is 2.74 bits per heavy atom. The van der Waals surface area contributed by atoms with Crippen molar-refractivity contribution >= 4 is 22.6 Å². The van der Waals surface area contributed by atoms with Crippen molar-refractivity contribution < 1.29 is 4.79 Å². The zero-order valence-electron chi connectivity index (χ0n) is 10.7. The molecule has 4 heteroatoms. The van der Waals surface area contributed by atoms with Gasteiger partial charge in [-0.2, -0.15) is 0 Å². The molecule has 3 rings (SSSR count). The molecule has 1 aliphatic rings. The summed E-state index contributed by atoms with van der Waals surface area (Å²) in [5, 5.41) is 8.17. The molecule has 1 fully saturated rings. The van der Waals surface area contributed by atoms with Crippen LogP contribution in [0.15, 0.2) is 47.5 Å². The highest BCUT2D eigenvalue weighted by atomic mass is 16.2. The summed E-state index contributed by atoms with van der Waals surface area (Å²) in [4.78, 5) is 16.1. The molecule has 0 bridgehead atoms. The molecule has 1 aliphatic heterocycles. The van der Waals surface area contributed by atoms with Gasteiger partial charge in [0.15, 0.2) is 5.96 Å². The van der Waals surface area contributed by atoms with E-state index in [0.29, 0.717) is 12.5 Å². The van der Waals surface area contributed by atoms with Gasteiger partial charge in [-0.3, -0.25) is 15.1 Å². The number of guanidine groups is 1. The number of hydrogen-bond donors (Lipinski definition) is 2. The van der Waals surface area contributed by atoms with Crippen LogP contribution in [0.5, 0.6) is 0 Å². The van der Waals surface area contributed by atoms with Gasteiger partial charge in [-0.15, -0.1) is 0 Å². The Balaban J connectivity index is 1.96. The van der Waals surface area contributed by atoms with Crippen molar-refractivity contribution in [3.05, 3.63) is 48.0 Å². The number of nitrogens with one attached hydrogen (secondary N) is 2. The van der Waals surface area contributed by atoms with Gasteiger partial charge in [-0.05, 0) is 29.3 Å². The fourth-order valence-electron chi connectivity index (χ4n) is 2.29. The molecule has 1 unspecified atom stereocenters. The van der Waals surface area contributed by atoms with E-state index in [-0.39, 0.29) is 11.9 Å². The normalized spacial score (nSPS) is 20.6. The van der Waals surface area contributed by atoms with Gasteiger partial charge >= 0.3 is 0 Å². The lowest BCUT2D eigenvalue weighted by molar-refractivity contribution is -0.120. The van der Waals surface area contributed by atoms with Crippen molar-refractivity contribution in [1.29, 1.82) is 0 Å². The lowest BCUT2D eigenvalue weighted by atomic mass is 10.0. The zero-order chi connectivity index (χ0) is 13.2. The van der Waals surface area contributed by atoms with Gasteiger partial charge in [-0.25, -0.2) is 0 Å². The highest BCUT2D eigenvalue weighted by Crippen LogP contribution is 2.22. The predicted octanol–water partition coefficient (Wildman–Crippen LogP) is 1.98. The van der Waals surface area contributed by atoms with Gasteiger partial charge in [0.2, 0.25) is 0 Å². The number of aliphatic imine (C=N–C) groups is 1. The Morgan fingerprint density at radius 1 is 1.16 bits per heavy atom. The minimum atomic E-state index is -0.352. The summed E-state index contributed by atoms with van der Waals surface area (Å²) < 4.78 is 0. The largest absolute Gasteiger partial charge is 0.340 e. The van der Waals surface area contributed by atoms with Gasteiger partial charge in [0, 0.05) is 6.54 Å². The molecule has 1 atom stereocenters. The van der Waals surface area contributed by atoms with Crippen molar-refractivity contribution in [2.75, 3.05) is 6.54 Å². The quantitative estimate of drug-likeness (QED) is 0.859. The number of amides is 1. The van der Waals surface area contributed by atoms with Crippen molar-refractivity contribution in [1.82, 2.24) is 10.6 Å². The molecule has 1 saturated heterocycles. The standard InChI is InChI=1S/C15H15N3O/c1-2-16-15-17-13(14(19)18-15)12-8-7-10-5-3-4-6-11(10)9-12/h3-9,13H,2H2,1H3,(H2,16,17,18,19). The minimum Gasteiger partial charge on any atom is -0.340 e. The number of carbonyl (C=O) groups excluding carboxylic acids is 1. The Bertz CT molecular complexity index is 663. The smallest absolute Gasteiger partial charge is 0.253 e. The average molecular weight is 253 g/mol. The van der Waals surface area contributed by atoms with E-state index in [9.17, 15) is 4.79 Å². The summed E-state index contributed by atoms with van der Waals surface area (Å²) in [5.41, 5.74) is 0.956. The molecule has 0 aliphatic carbocycles. The molecular weight excluding hydrogens is 238 g/mol. The number of rotatable bonds is 2. The third kappa shape index (κ3) is 2.17. The SMILES string of the molecule is CCN=C1NC(=O)C(c2ccc3ccccc3c2)N1. The number of hydrogen-bond acceptors (Lipinski definition) is 2. The van der Waals surface area contributed by atoms with Crippen molar-refractivity contribution in [3.8, 4) is 0 Å². The van der Waals surface area contributed by atoms with Crippen molar-refractivity contribution in [2.45, 2.75) is 13.0 Å². The molecule has 0 aromatic heterocycles. The molecule has 0 radical (unpaired) electrons.